The molecule has 1 unspecified atom stereocenters. The summed E-state index contributed by atoms with van der Waals surface area (Å²) < 4.78 is 0. The number of likely N-dealkylation sites (tertiary alicyclic amines) is 1. The van der Waals surface area contributed by atoms with Crippen molar-refractivity contribution in [1.82, 2.24) is 15.5 Å². The van der Waals surface area contributed by atoms with Gasteiger partial charge in [0.1, 0.15) is 0 Å². The van der Waals surface area contributed by atoms with E-state index in [9.17, 15) is 9.59 Å². The van der Waals surface area contributed by atoms with Crippen LogP contribution in [0.3, 0.4) is 0 Å². The maximum absolute atomic E-state index is 11.7. The van der Waals surface area contributed by atoms with E-state index in [-0.39, 0.29) is 24.5 Å². The molecule has 3 N–H and O–H groups in total. The minimum Gasteiger partial charge on any atom is -0.481 e. The van der Waals surface area contributed by atoms with E-state index < -0.39 is 5.97 Å². The number of amides is 2. The molecule has 0 aromatic heterocycles. The molecule has 110 valence electrons. The minimum atomic E-state index is -0.789. The summed E-state index contributed by atoms with van der Waals surface area (Å²) >= 11 is 0. The molecule has 2 amide bonds. The number of carboxylic acid groups (broad SMARTS) is 1. The fourth-order valence-corrected chi connectivity index (χ4v) is 2.24. The van der Waals surface area contributed by atoms with Gasteiger partial charge >= 0.3 is 12.0 Å². The van der Waals surface area contributed by atoms with Crippen molar-refractivity contribution in [2.75, 3.05) is 20.1 Å². The van der Waals surface area contributed by atoms with E-state index in [4.69, 9.17) is 5.11 Å². The Morgan fingerprint density at radius 1 is 1.37 bits per heavy atom. The molecule has 1 rings (SSSR count). The van der Waals surface area contributed by atoms with Crippen LogP contribution in [0.15, 0.2) is 0 Å². The molecule has 0 aromatic carbocycles. The third-order valence-corrected chi connectivity index (χ3v) is 3.46. The van der Waals surface area contributed by atoms with Crippen molar-refractivity contribution in [3.63, 3.8) is 0 Å². The number of rotatable bonds is 6. The average Bonchev–Trinajstić information content (AvgIpc) is 2.31. The molecule has 1 aliphatic heterocycles. The summed E-state index contributed by atoms with van der Waals surface area (Å²) in [5.74, 6) is -0.789. The average molecular weight is 271 g/mol. The van der Waals surface area contributed by atoms with Crippen LogP contribution in [0, 0.1) is 0 Å². The lowest BCUT2D eigenvalue weighted by molar-refractivity contribution is -0.137. The smallest absolute Gasteiger partial charge is 0.315 e. The van der Waals surface area contributed by atoms with Crippen molar-refractivity contribution in [1.29, 1.82) is 0 Å². The molecule has 1 saturated heterocycles. The van der Waals surface area contributed by atoms with Gasteiger partial charge in [-0.05, 0) is 52.7 Å². The SMILES string of the molecule is CC(CCCC(=O)O)NC(=O)NC1CCN(C)CC1. The quantitative estimate of drug-likeness (QED) is 0.674. The lowest BCUT2D eigenvalue weighted by Gasteiger charge is -2.29. The van der Waals surface area contributed by atoms with E-state index in [1.54, 1.807) is 0 Å². The molecule has 6 nitrogen and oxygen atoms in total. The Morgan fingerprint density at radius 3 is 2.58 bits per heavy atom. The topological polar surface area (TPSA) is 81.7 Å². The molecule has 19 heavy (non-hydrogen) atoms. The lowest BCUT2D eigenvalue weighted by Crippen LogP contribution is -2.49. The zero-order valence-corrected chi connectivity index (χ0v) is 11.8. The van der Waals surface area contributed by atoms with Crippen molar-refractivity contribution in [3.8, 4) is 0 Å². The number of carbonyl (C=O) groups is 2. The van der Waals surface area contributed by atoms with Gasteiger partial charge in [0.05, 0.1) is 0 Å². The van der Waals surface area contributed by atoms with Crippen LogP contribution < -0.4 is 10.6 Å². The van der Waals surface area contributed by atoms with Gasteiger partial charge in [-0.2, -0.15) is 0 Å². The number of urea groups is 1. The zero-order valence-electron chi connectivity index (χ0n) is 11.8. The maximum Gasteiger partial charge on any atom is 0.315 e. The van der Waals surface area contributed by atoms with Gasteiger partial charge in [-0.3, -0.25) is 4.79 Å². The maximum atomic E-state index is 11.7. The Balaban J connectivity index is 2.14. The second-order valence-electron chi connectivity index (χ2n) is 5.38. The highest BCUT2D eigenvalue weighted by atomic mass is 16.4. The standard InChI is InChI=1S/C13H25N3O3/c1-10(4-3-5-12(17)18)14-13(19)15-11-6-8-16(2)9-7-11/h10-11H,3-9H2,1-2H3,(H,17,18)(H2,14,15,19). The number of hydrogen-bond donors (Lipinski definition) is 3. The Kier molecular flexibility index (Phi) is 6.62. The molecule has 0 radical (unpaired) electrons. The van der Waals surface area contributed by atoms with Gasteiger partial charge < -0.3 is 20.6 Å². The van der Waals surface area contributed by atoms with E-state index in [0.29, 0.717) is 12.8 Å². The first-order valence-corrected chi connectivity index (χ1v) is 6.94. The first-order chi connectivity index (χ1) is 8.97. The summed E-state index contributed by atoms with van der Waals surface area (Å²) in [6.45, 7) is 3.92. The number of hydrogen-bond acceptors (Lipinski definition) is 3. The van der Waals surface area contributed by atoms with Crippen LogP contribution in [0.1, 0.15) is 39.0 Å². The third kappa shape index (κ3) is 7.00. The van der Waals surface area contributed by atoms with E-state index in [2.05, 4.69) is 22.6 Å². The van der Waals surface area contributed by atoms with Crippen molar-refractivity contribution in [3.05, 3.63) is 0 Å². The third-order valence-electron chi connectivity index (χ3n) is 3.46. The fourth-order valence-electron chi connectivity index (χ4n) is 2.24. The largest absolute Gasteiger partial charge is 0.481 e. The van der Waals surface area contributed by atoms with Gasteiger partial charge in [-0.25, -0.2) is 4.79 Å². The molecule has 0 aliphatic carbocycles. The van der Waals surface area contributed by atoms with Crippen molar-refractivity contribution < 1.29 is 14.7 Å². The number of nitrogens with one attached hydrogen (secondary N) is 2. The summed E-state index contributed by atoms with van der Waals surface area (Å²) in [7, 11) is 2.08. The monoisotopic (exact) mass is 271 g/mol. The van der Waals surface area contributed by atoms with Crippen molar-refractivity contribution in [2.45, 2.75) is 51.1 Å². The van der Waals surface area contributed by atoms with E-state index in [1.165, 1.54) is 0 Å². The molecular weight excluding hydrogens is 246 g/mol. The van der Waals surface area contributed by atoms with Gasteiger partial charge in [-0.1, -0.05) is 0 Å². The highest BCUT2D eigenvalue weighted by Gasteiger charge is 2.18. The molecule has 0 saturated carbocycles. The Labute approximate surface area is 114 Å². The Bertz CT molecular complexity index is 302. The zero-order chi connectivity index (χ0) is 14.3. The van der Waals surface area contributed by atoms with Gasteiger partial charge in [-0.15, -0.1) is 0 Å². The van der Waals surface area contributed by atoms with Gasteiger partial charge in [0.2, 0.25) is 0 Å². The Hall–Kier alpha value is -1.30. The number of aliphatic carboxylic acids is 1. The highest BCUT2D eigenvalue weighted by molar-refractivity contribution is 5.74. The molecular formula is C13H25N3O3. The van der Waals surface area contributed by atoms with Gasteiger partial charge in [0.15, 0.2) is 0 Å². The van der Waals surface area contributed by atoms with Crippen LogP contribution in [-0.2, 0) is 4.79 Å². The fraction of sp³-hybridized carbons (Fsp3) is 0.846. The number of nitrogens with zero attached hydrogens (tertiary/aromatic N) is 1. The van der Waals surface area contributed by atoms with E-state index in [1.807, 2.05) is 6.92 Å². The van der Waals surface area contributed by atoms with Crippen LogP contribution >= 0.6 is 0 Å². The summed E-state index contributed by atoms with van der Waals surface area (Å²) in [6, 6.07) is 0.116. The van der Waals surface area contributed by atoms with Crippen LogP contribution in [0.4, 0.5) is 4.79 Å². The van der Waals surface area contributed by atoms with Crippen LogP contribution in [0.25, 0.3) is 0 Å². The number of piperidine rings is 1. The molecule has 1 heterocycles. The summed E-state index contributed by atoms with van der Waals surface area (Å²) in [6.07, 6.45) is 3.40. The van der Waals surface area contributed by atoms with Crippen molar-refractivity contribution >= 4 is 12.0 Å². The van der Waals surface area contributed by atoms with Crippen LogP contribution in [0.5, 0.6) is 0 Å². The molecule has 0 aromatic rings. The molecule has 1 atom stereocenters. The van der Waals surface area contributed by atoms with Crippen molar-refractivity contribution in [2.24, 2.45) is 0 Å². The Morgan fingerprint density at radius 2 is 2.00 bits per heavy atom. The minimum absolute atomic E-state index is 0.00520. The summed E-state index contributed by atoms with van der Waals surface area (Å²) in [5.41, 5.74) is 0. The summed E-state index contributed by atoms with van der Waals surface area (Å²) in [5, 5.41) is 14.4. The van der Waals surface area contributed by atoms with Crippen LogP contribution in [-0.4, -0.2) is 54.2 Å². The number of carbonyl (C=O) groups excluding carboxylic acids is 1. The molecule has 1 aliphatic rings. The first kappa shape index (κ1) is 15.8. The predicted molar refractivity (Wildman–Crippen MR) is 73.1 cm³/mol. The summed E-state index contributed by atoms with van der Waals surface area (Å²) in [4.78, 5) is 24.4. The molecule has 0 bridgehead atoms. The molecule has 1 fully saturated rings. The normalized spacial score (nSPS) is 18.8. The van der Waals surface area contributed by atoms with E-state index >= 15 is 0 Å². The molecule has 0 spiro atoms. The first-order valence-electron chi connectivity index (χ1n) is 6.94. The van der Waals surface area contributed by atoms with Crippen LogP contribution in [0.2, 0.25) is 0 Å². The predicted octanol–water partition coefficient (Wildman–Crippen LogP) is 1.02. The van der Waals surface area contributed by atoms with Gasteiger partial charge in [0.25, 0.3) is 0 Å². The second-order valence-corrected chi connectivity index (χ2v) is 5.38. The number of carboxylic acids is 1. The lowest BCUT2D eigenvalue weighted by atomic mass is 10.1. The molecule has 6 heteroatoms. The highest BCUT2D eigenvalue weighted by Crippen LogP contribution is 2.08. The van der Waals surface area contributed by atoms with Gasteiger partial charge in [0, 0.05) is 18.5 Å². The second kappa shape index (κ2) is 7.99. The van der Waals surface area contributed by atoms with E-state index in [0.717, 1.165) is 25.9 Å².